The van der Waals surface area contributed by atoms with E-state index in [1.165, 1.54) is 0 Å². The number of rotatable bonds is 6. The molecule has 0 aliphatic heterocycles. The second-order valence-electron chi connectivity index (χ2n) is 11.0. The highest BCUT2D eigenvalue weighted by Crippen LogP contribution is 2.32. The largest absolute Gasteiger partial charge is 0.444 e. The van der Waals surface area contributed by atoms with Gasteiger partial charge in [0.05, 0.1) is 0 Å². The van der Waals surface area contributed by atoms with Gasteiger partial charge in [-0.3, -0.25) is 9.59 Å². The number of nitrogens with zero attached hydrogens (tertiary/aromatic N) is 1. The van der Waals surface area contributed by atoms with E-state index in [0.717, 1.165) is 52.7 Å². The zero-order valence-corrected chi connectivity index (χ0v) is 24.5. The quantitative estimate of drug-likeness (QED) is 0.436. The smallest absolute Gasteiger partial charge is 0.407 e. The molecule has 8 nitrogen and oxygen atoms in total. The lowest BCUT2D eigenvalue weighted by molar-refractivity contribution is 0.0491. The lowest BCUT2D eigenvalue weighted by atomic mass is 9.89. The molecule has 1 aliphatic carbocycles. The molecule has 37 heavy (non-hydrogen) atoms. The Balaban J connectivity index is 1.67. The first-order chi connectivity index (χ1) is 17.2. The van der Waals surface area contributed by atoms with E-state index in [9.17, 15) is 14.4 Å². The number of aryl methyl sites for hydroxylation is 2. The van der Waals surface area contributed by atoms with Gasteiger partial charge in [-0.25, -0.2) is 4.79 Å². The van der Waals surface area contributed by atoms with Crippen LogP contribution in [-0.4, -0.2) is 41.7 Å². The van der Waals surface area contributed by atoms with Crippen molar-refractivity contribution >= 4 is 33.6 Å². The first-order valence-corrected chi connectivity index (χ1v) is 13.5. The molecule has 202 valence electrons. The van der Waals surface area contributed by atoms with Crippen molar-refractivity contribution in [3.05, 3.63) is 61.0 Å². The van der Waals surface area contributed by atoms with Gasteiger partial charge in [0.15, 0.2) is 0 Å². The fourth-order valence-electron chi connectivity index (χ4n) is 4.91. The van der Waals surface area contributed by atoms with Crippen molar-refractivity contribution in [2.75, 3.05) is 11.9 Å². The van der Waals surface area contributed by atoms with Crippen LogP contribution in [0.4, 0.5) is 10.5 Å². The number of nitrogens with one attached hydrogen (secondary N) is 3. The van der Waals surface area contributed by atoms with Crippen LogP contribution in [0.5, 0.6) is 0 Å². The van der Waals surface area contributed by atoms with Crippen LogP contribution in [0.25, 0.3) is 0 Å². The van der Waals surface area contributed by atoms with Crippen molar-refractivity contribution in [1.82, 2.24) is 15.6 Å². The molecule has 1 aliphatic rings. The summed E-state index contributed by atoms with van der Waals surface area (Å²) in [6, 6.07) is 6.13. The molecule has 1 heterocycles. The van der Waals surface area contributed by atoms with E-state index >= 15 is 0 Å². The third kappa shape index (κ3) is 7.60. The fourth-order valence-corrected chi connectivity index (χ4v) is 5.36. The summed E-state index contributed by atoms with van der Waals surface area (Å²) in [5.41, 5.74) is 3.93. The van der Waals surface area contributed by atoms with Crippen LogP contribution in [0.2, 0.25) is 0 Å². The summed E-state index contributed by atoms with van der Waals surface area (Å²) in [7, 11) is 2.05. The van der Waals surface area contributed by atoms with Crippen molar-refractivity contribution in [2.45, 2.75) is 91.5 Å². The summed E-state index contributed by atoms with van der Waals surface area (Å²) in [5, 5.41) is 5.91. The number of aromatic amines is 1. The van der Waals surface area contributed by atoms with Crippen molar-refractivity contribution in [2.24, 2.45) is 0 Å². The van der Waals surface area contributed by atoms with Gasteiger partial charge in [-0.05, 0) is 96.6 Å². The van der Waals surface area contributed by atoms with Crippen LogP contribution in [0, 0.1) is 20.8 Å². The van der Waals surface area contributed by atoms with Crippen LogP contribution >= 0.6 is 15.9 Å². The number of benzene rings is 1. The van der Waals surface area contributed by atoms with E-state index < -0.39 is 5.60 Å². The van der Waals surface area contributed by atoms with Gasteiger partial charge in [0.2, 0.25) is 0 Å². The zero-order chi connectivity index (χ0) is 27.5. The minimum atomic E-state index is -0.515. The number of ether oxygens (including phenoxy) is 1. The Bertz CT molecular complexity index is 1210. The van der Waals surface area contributed by atoms with Gasteiger partial charge >= 0.3 is 6.09 Å². The standard InChI is InChI=1S/C28H39BrN4O4/c1-16-12-17(2)31-26(35)23(16)15-30-25(34)22-13-19(29)14-24(18(22)3)33(7)21-10-8-20(9-11-21)32-27(36)37-28(4,5)6/h12-14,20-21H,8-11,15H2,1-7H3,(H,30,34)(H,31,35)(H,32,36). The Hall–Kier alpha value is -2.81. The normalized spacial score (nSPS) is 17.7. The number of pyridine rings is 1. The molecule has 0 saturated heterocycles. The van der Waals surface area contributed by atoms with E-state index in [2.05, 4.69) is 43.5 Å². The molecule has 0 radical (unpaired) electrons. The first-order valence-electron chi connectivity index (χ1n) is 12.7. The molecule has 1 aromatic carbocycles. The SMILES string of the molecule is Cc1cc(C)c(CNC(=O)c2cc(Br)cc(N(C)C3CCC(NC(=O)OC(C)(C)C)CC3)c2C)c(=O)[nH]1. The molecule has 3 N–H and O–H groups in total. The third-order valence-corrected chi connectivity index (χ3v) is 7.31. The number of H-pyrrole nitrogens is 1. The Morgan fingerprint density at radius 3 is 2.35 bits per heavy atom. The number of amides is 2. The maximum atomic E-state index is 13.2. The number of carbonyl (C=O) groups is 2. The summed E-state index contributed by atoms with van der Waals surface area (Å²) >= 11 is 3.57. The van der Waals surface area contributed by atoms with Crippen molar-refractivity contribution < 1.29 is 14.3 Å². The minimum absolute atomic E-state index is 0.0952. The molecule has 0 unspecified atom stereocenters. The Morgan fingerprint density at radius 1 is 1.11 bits per heavy atom. The van der Waals surface area contributed by atoms with Crippen molar-refractivity contribution in [1.29, 1.82) is 0 Å². The van der Waals surface area contributed by atoms with E-state index in [4.69, 9.17) is 4.74 Å². The number of aromatic nitrogens is 1. The number of hydrogen-bond donors (Lipinski definition) is 3. The second kappa shape index (κ2) is 11.7. The first kappa shape index (κ1) is 28.8. The lowest BCUT2D eigenvalue weighted by Crippen LogP contribution is -2.44. The number of alkyl carbamates (subject to hydrolysis) is 1. The number of hydrogen-bond acceptors (Lipinski definition) is 5. The van der Waals surface area contributed by atoms with Gasteiger partial charge in [0, 0.05) is 52.7 Å². The summed E-state index contributed by atoms with van der Waals surface area (Å²) < 4.78 is 6.21. The molecular formula is C28H39BrN4O4. The molecule has 9 heteroatoms. The Kier molecular flexibility index (Phi) is 9.10. The predicted molar refractivity (Wildman–Crippen MR) is 150 cm³/mol. The van der Waals surface area contributed by atoms with E-state index in [1.54, 1.807) is 0 Å². The fraction of sp³-hybridized carbons (Fsp3) is 0.536. The Labute approximate surface area is 227 Å². The van der Waals surface area contributed by atoms with Crippen molar-refractivity contribution in [3.63, 3.8) is 0 Å². The molecule has 0 atom stereocenters. The van der Waals surface area contributed by atoms with Crippen LogP contribution < -0.4 is 21.1 Å². The number of halogens is 1. The molecule has 0 bridgehead atoms. The highest BCUT2D eigenvalue weighted by atomic mass is 79.9. The summed E-state index contributed by atoms with van der Waals surface area (Å²) in [5.74, 6) is -0.224. The zero-order valence-electron chi connectivity index (χ0n) is 22.9. The highest BCUT2D eigenvalue weighted by Gasteiger charge is 2.28. The monoisotopic (exact) mass is 574 g/mol. The van der Waals surface area contributed by atoms with Gasteiger partial charge in [-0.15, -0.1) is 0 Å². The molecule has 1 saturated carbocycles. The van der Waals surface area contributed by atoms with Gasteiger partial charge < -0.3 is 25.3 Å². The molecule has 1 fully saturated rings. The van der Waals surface area contributed by atoms with E-state index in [0.29, 0.717) is 11.1 Å². The highest BCUT2D eigenvalue weighted by molar-refractivity contribution is 9.10. The molecule has 0 spiro atoms. The average molecular weight is 576 g/mol. The van der Waals surface area contributed by atoms with Gasteiger partial charge in [-0.1, -0.05) is 15.9 Å². The predicted octanol–water partition coefficient (Wildman–Crippen LogP) is 5.26. The third-order valence-electron chi connectivity index (χ3n) is 6.85. The average Bonchev–Trinajstić information content (AvgIpc) is 2.78. The van der Waals surface area contributed by atoms with Crippen molar-refractivity contribution in [3.8, 4) is 0 Å². The minimum Gasteiger partial charge on any atom is -0.444 e. The molecule has 2 amide bonds. The van der Waals surface area contributed by atoms with E-state index in [1.807, 2.05) is 59.7 Å². The maximum absolute atomic E-state index is 13.2. The lowest BCUT2D eigenvalue weighted by Gasteiger charge is -2.37. The van der Waals surface area contributed by atoms with Gasteiger partial charge in [0.25, 0.3) is 11.5 Å². The molecular weight excluding hydrogens is 536 g/mol. The summed E-state index contributed by atoms with van der Waals surface area (Å²) in [6.45, 7) is 11.4. The molecule has 1 aromatic heterocycles. The number of anilines is 1. The Morgan fingerprint density at radius 2 is 1.76 bits per heavy atom. The molecule has 3 rings (SSSR count). The van der Waals surface area contributed by atoms with Gasteiger partial charge in [-0.2, -0.15) is 0 Å². The van der Waals surface area contributed by atoms with Crippen LogP contribution in [0.1, 0.15) is 79.2 Å². The summed E-state index contributed by atoms with van der Waals surface area (Å²) in [4.78, 5) is 42.7. The van der Waals surface area contributed by atoms with Gasteiger partial charge in [0.1, 0.15) is 5.60 Å². The number of carbonyl (C=O) groups excluding carboxylic acids is 2. The molecule has 2 aromatic rings. The van der Waals surface area contributed by atoms with Crippen LogP contribution in [-0.2, 0) is 11.3 Å². The summed E-state index contributed by atoms with van der Waals surface area (Å²) in [6.07, 6.45) is 3.18. The topological polar surface area (TPSA) is 104 Å². The van der Waals surface area contributed by atoms with Crippen LogP contribution in [0.15, 0.2) is 27.5 Å². The van der Waals surface area contributed by atoms with Crippen LogP contribution in [0.3, 0.4) is 0 Å². The van der Waals surface area contributed by atoms with E-state index in [-0.39, 0.29) is 36.2 Å². The maximum Gasteiger partial charge on any atom is 0.407 e. The second-order valence-corrected chi connectivity index (χ2v) is 11.9.